The summed E-state index contributed by atoms with van der Waals surface area (Å²) < 4.78 is 5.63. The van der Waals surface area contributed by atoms with Crippen molar-refractivity contribution in [1.82, 2.24) is 0 Å². The minimum atomic E-state index is -0.101. The van der Waals surface area contributed by atoms with Crippen molar-refractivity contribution in [3.63, 3.8) is 0 Å². The van der Waals surface area contributed by atoms with Crippen molar-refractivity contribution in [2.24, 2.45) is 5.92 Å². The van der Waals surface area contributed by atoms with E-state index >= 15 is 0 Å². The van der Waals surface area contributed by atoms with Crippen LogP contribution < -0.4 is 10.1 Å². The zero-order valence-corrected chi connectivity index (χ0v) is 14.3. The third-order valence-electron chi connectivity index (χ3n) is 3.54. The Morgan fingerprint density at radius 2 is 1.57 bits per heavy atom. The first-order valence-corrected chi connectivity index (χ1v) is 8.10. The van der Waals surface area contributed by atoms with Gasteiger partial charge in [-0.2, -0.15) is 0 Å². The number of ether oxygens (including phenoxy) is 1. The lowest BCUT2D eigenvalue weighted by Gasteiger charge is -2.10. The summed E-state index contributed by atoms with van der Waals surface area (Å²) in [6.07, 6.45) is 0. The Morgan fingerprint density at radius 1 is 0.957 bits per heavy atom. The van der Waals surface area contributed by atoms with Crippen LogP contribution in [0, 0.1) is 5.92 Å². The highest BCUT2D eigenvalue weighted by Crippen LogP contribution is 2.18. The zero-order valence-electron chi connectivity index (χ0n) is 14.3. The summed E-state index contributed by atoms with van der Waals surface area (Å²) in [5, 5.41) is 2.90. The fourth-order valence-electron chi connectivity index (χ4n) is 2.12. The Labute approximate surface area is 138 Å². The standard InChI is InChI=1S/C20H25NO2/c1-14(2)13-23-19-11-9-18(10-12-19)21-20(22)17-7-5-16(6-8-17)15(3)4/h5-12,14-15H,13H2,1-4H3,(H,21,22). The van der Waals surface area contributed by atoms with Gasteiger partial charge in [-0.3, -0.25) is 4.79 Å². The van der Waals surface area contributed by atoms with Crippen LogP contribution in [0.1, 0.15) is 49.5 Å². The molecule has 0 saturated heterocycles. The molecule has 23 heavy (non-hydrogen) atoms. The van der Waals surface area contributed by atoms with E-state index in [9.17, 15) is 4.79 Å². The number of amides is 1. The van der Waals surface area contributed by atoms with Crippen molar-refractivity contribution in [2.45, 2.75) is 33.6 Å². The van der Waals surface area contributed by atoms with Crippen molar-refractivity contribution in [2.75, 3.05) is 11.9 Å². The highest BCUT2D eigenvalue weighted by atomic mass is 16.5. The molecule has 0 radical (unpaired) electrons. The third-order valence-corrected chi connectivity index (χ3v) is 3.54. The smallest absolute Gasteiger partial charge is 0.255 e. The fraction of sp³-hybridized carbons (Fsp3) is 0.350. The second kappa shape index (κ2) is 7.82. The van der Waals surface area contributed by atoms with Crippen molar-refractivity contribution >= 4 is 11.6 Å². The first kappa shape index (κ1) is 17.1. The van der Waals surface area contributed by atoms with Crippen LogP contribution in [0.25, 0.3) is 0 Å². The number of benzene rings is 2. The number of rotatable bonds is 6. The largest absolute Gasteiger partial charge is 0.493 e. The fourth-order valence-corrected chi connectivity index (χ4v) is 2.12. The number of anilines is 1. The normalized spacial score (nSPS) is 10.9. The van der Waals surface area contributed by atoms with E-state index in [-0.39, 0.29) is 5.91 Å². The molecule has 2 aromatic rings. The highest BCUT2D eigenvalue weighted by Gasteiger charge is 2.07. The maximum atomic E-state index is 12.3. The van der Waals surface area contributed by atoms with Crippen LogP contribution in [0.15, 0.2) is 48.5 Å². The molecule has 1 amide bonds. The van der Waals surface area contributed by atoms with E-state index < -0.39 is 0 Å². The van der Waals surface area contributed by atoms with Crippen molar-refractivity contribution in [1.29, 1.82) is 0 Å². The third kappa shape index (κ3) is 5.13. The van der Waals surface area contributed by atoms with Gasteiger partial charge in [0.05, 0.1) is 6.61 Å². The molecule has 0 aliphatic rings. The molecule has 0 atom stereocenters. The van der Waals surface area contributed by atoms with E-state index in [4.69, 9.17) is 4.74 Å². The predicted molar refractivity (Wildman–Crippen MR) is 95.3 cm³/mol. The lowest BCUT2D eigenvalue weighted by molar-refractivity contribution is 0.102. The molecule has 0 saturated carbocycles. The Morgan fingerprint density at radius 3 is 2.09 bits per heavy atom. The Kier molecular flexibility index (Phi) is 5.80. The minimum Gasteiger partial charge on any atom is -0.493 e. The van der Waals surface area contributed by atoms with Crippen LogP contribution in [0.3, 0.4) is 0 Å². The van der Waals surface area contributed by atoms with Crippen LogP contribution in [0.5, 0.6) is 5.75 Å². The van der Waals surface area contributed by atoms with E-state index in [2.05, 4.69) is 33.0 Å². The summed E-state index contributed by atoms with van der Waals surface area (Å²) >= 11 is 0. The van der Waals surface area contributed by atoms with Gasteiger partial charge in [-0.1, -0.05) is 39.8 Å². The highest BCUT2D eigenvalue weighted by molar-refractivity contribution is 6.04. The van der Waals surface area contributed by atoms with E-state index in [1.54, 1.807) is 0 Å². The van der Waals surface area contributed by atoms with E-state index in [1.807, 2.05) is 48.5 Å². The summed E-state index contributed by atoms with van der Waals surface area (Å²) in [6.45, 7) is 9.18. The number of carbonyl (C=O) groups is 1. The molecule has 0 aliphatic carbocycles. The molecule has 0 aliphatic heterocycles. The van der Waals surface area contributed by atoms with Gasteiger partial charge in [-0.05, 0) is 53.8 Å². The van der Waals surface area contributed by atoms with Crippen LogP contribution in [0.2, 0.25) is 0 Å². The molecule has 3 heteroatoms. The van der Waals surface area contributed by atoms with Gasteiger partial charge >= 0.3 is 0 Å². The summed E-state index contributed by atoms with van der Waals surface area (Å²) in [7, 11) is 0. The number of hydrogen-bond acceptors (Lipinski definition) is 2. The summed E-state index contributed by atoms with van der Waals surface area (Å²) in [4.78, 5) is 12.3. The van der Waals surface area contributed by atoms with Crippen molar-refractivity contribution < 1.29 is 9.53 Å². The van der Waals surface area contributed by atoms with E-state index in [0.717, 1.165) is 11.4 Å². The van der Waals surface area contributed by atoms with Gasteiger partial charge in [0.25, 0.3) is 5.91 Å². The summed E-state index contributed by atoms with van der Waals surface area (Å²) in [5.74, 6) is 1.67. The topological polar surface area (TPSA) is 38.3 Å². The SMILES string of the molecule is CC(C)COc1ccc(NC(=O)c2ccc(C(C)C)cc2)cc1. The Balaban J connectivity index is 1.97. The maximum absolute atomic E-state index is 12.3. The second-order valence-electron chi connectivity index (χ2n) is 6.46. The Hall–Kier alpha value is -2.29. The molecule has 2 rings (SSSR count). The van der Waals surface area contributed by atoms with E-state index in [0.29, 0.717) is 24.0 Å². The lowest BCUT2D eigenvalue weighted by atomic mass is 10.0. The van der Waals surface area contributed by atoms with Gasteiger partial charge in [-0.25, -0.2) is 0 Å². The molecule has 1 N–H and O–H groups in total. The second-order valence-corrected chi connectivity index (χ2v) is 6.46. The van der Waals surface area contributed by atoms with Crippen molar-refractivity contribution in [3.8, 4) is 5.75 Å². The molecular weight excluding hydrogens is 286 g/mol. The average Bonchev–Trinajstić information content (AvgIpc) is 2.54. The molecule has 0 heterocycles. The summed E-state index contributed by atoms with van der Waals surface area (Å²) in [5.41, 5.74) is 2.66. The first-order chi connectivity index (χ1) is 11.0. The van der Waals surface area contributed by atoms with Gasteiger partial charge < -0.3 is 10.1 Å². The number of carbonyl (C=O) groups excluding carboxylic acids is 1. The van der Waals surface area contributed by atoms with Gasteiger partial charge in [0.15, 0.2) is 0 Å². The maximum Gasteiger partial charge on any atom is 0.255 e. The molecule has 0 fully saturated rings. The minimum absolute atomic E-state index is 0.101. The molecule has 2 aromatic carbocycles. The zero-order chi connectivity index (χ0) is 16.8. The summed E-state index contributed by atoms with van der Waals surface area (Å²) in [6, 6.07) is 15.2. The number of hydrogen-bond donors (Lipinski definition) is 1. The molecule has 0 spiro atoms. The van der Waals surface area contributed by atoms with Crippen LogP contribution in [-0.2, 0) is 0 Å². The molecule has 122 valence electrons. The van der Waals surface area contributed by atoms with Gasteiger partial charge in [-0.15, -0.1) is 0 Å². The van der Waals surface area contributed by atoms with Gasteiger partial charge in [0.1, 0.15) is 5.75 Å². The van der Waals surface area contributed by atoms with E-state index in [1.165, 1.54) is 5.56 Å². The van der Waals surface area contributed by atoms with Crippen LogP contribution in [-0.4, -0.2) is 12.5 Å². The lowest BCUT2D eigenvalue weighted by Crippen LogP contribution is -2.12. The average molecular weight is 311 g/mol. The molecule has 0 bridgehead atoms. The molecule has 3 nitrogen and oxygen atoms in total. The monoisotopic (exact) mass is 311 g/mol. The Bertz CT molecular complexity index is 628. The quantitative estimate of drug-likeness (QED) is 0.806. The first-order valence-electron chi connectivity index (χ1n) is 8.10. The van der Waals surface area contributed by atoms with Gasteiger partial charge in [0.2, 0.25) is 0 Å². The molecule has 0 aromatic heterocycles. The van der Waals surface area contributed by atoms with Gasteiger partial charge in [0, 0.05) is 11.3 Å². The molecule has 0 unspecified atom stereocenters. The number of nitrogens with one attached hydrogen (secondary N) is 1. The van der Waals surface area contributed by atoms with Crippen LogP contribution >= 0.6 is 0 Å². The predicted octanol–water partition coefficient (Wildman–Crippen LogP) is 5.10. The van der Waals surface area contributed by atoms with Crippen LogP contribution in [0.4, 0.5) is 5.69 Å². The molecular formula is C20H25NO2. The van der Waals surface area contributed by atoms with Crippen molar-refractivity contribution in [3.05, 3.63) is 59.7 Å².